The van der Waals surface area contributed by atoms with Crippen LogP contribution in [-0.4, -0.2) is 13.0 Å². The number of hydrogen-bond acceptors (Lipinski definition) is 5. The molecule has 0 bridgehead atoms. The maximum atomic E-state index is 12.5. The molecule has 0 spiro atoms. The van der Waals surface area contributed by atoms with E-state index in [0.29, 0.717) is 11.3 Å². The lowest BCUT2D eigenvalue weighted by Crippen LogP contribution is -2.17. The van der Waals surface area contributed by atoms with Crippen LogP contribution in [0.3, 0.4) is 0 Å². The largest absolute Gasteiger partial charge is 0.461 e. The molecule has 0 aliphatic heterocycles. The first-order valence-corrected chi connectivity index (χ1v) is 11.2. The predicted molar refractivity (Wildman–Crippen MR) is 105 cm³/mol. The topological polar surface area (TPSA) is 64.6 Å². The molecule has 4 aromatic rings. The van der Waals surface area contributed by atoms with E-state index in [9.17, 15) is 8.42 Å². The number of aromatic nitrogens is 1. The number of thiophene rings is 1. The van der Waals surface area contributed by atoms with Gasteiger partial charge < -0.3 is 8.98 Å². The summed E-state index contributed by atoms with van der Waals surface area (Å²) < 4.78 is 37.2. The van der Waals surface area contributed by atoms with Crippen molar-refractivity contribution in [1.82, 2.24) is 4.57 Å². The third-order valence-corrected chi connectivity index (χ3v) is 7.71. The number of rotatable bonds is 4. The Bertz CT molecular complexity index is 1240. The molecule has 0 saturated heterocycles. The molecule has 4 rings (SSSR count). The summed E-state index contributed by atoms with van der Waals surface area (Å²) in [6.45, 7) is 4.51. The lowest BCUT2D eigenvalue weighted by atomic mass is 10.1. The first-order valence-electron chi connectivity index (χ1n) is 8.02. The van der Waals surface area contributed by atoms with Crippen LogP contribution in [0.4, 0.5) is 0 Å². The van der Waals surface area contributed by atoms with Gasteiger partial charge in [-0.3, -0.25) is 0 Å². The SMILES string of the molecule is CCn1c(-c2c(C)oc3ccccc23)csc1=NS(=O)(=O)c1cccs1. The van der Waals surface area contributed by atoms with Crippen LogP contribution in [-0.2, 0) is 16.6 Å². The summed E-state index contributed by atoms with van der Waals surface area (Å²) in [7, 11) is -3.70. The molecule has 0 saturated carbocycles. The molecule has 0 amide bonds. The summed E-state index contributed by atoms with van der Waals surface area (Å²) >= 11 is 2.49. The van der Waals surface area contributed by atoms with Crippen molar-refractivity contribution in [2.75, 3.05) is 0 Å². The molecule has 0 atom stereocenters. The van der Waals surface area contributed by atoms with E-state index in [1.807, 2.05) is 48.1 Å². The summed E-state index contributed by atoms with van der Waals surface area (Å²) in [5.74, 6) is 0.805. The van der Waals surface area contributed by atoms with Gasteiger partial charge in [0.1, 0.15) is 15.6 Å². The van der Waals surface area contributed by atoms with Crippen molar-refractivity contribution in [1.29, 1.82) is 0 Å². The number of benzene rings is 1. The van der Waals surface area contributed by atoms with Crippen molar-refractivity contribution in [3.8, 4) is 11.3 Å². The van der Waals surface area contributed by atoms with E-state index in [4.69, 9.17) is 4.42 Å². The van der Waals surface area contributed by atoms with E-state index in [1.165, 1.54) is 22.7 Å². The molecule has 8 heteroatoms. The molecule has 0 fully saturated rings. The zero-order chi connectivity index (χ0) is 18.3. The van der Waals surface area contributed by atoms with Gasteiger partial charge in [-0.25, -0.2) is 0 Å². The molecule has 0 radical (unpaired) electrons. The number of furan rings is 1. The summed E-state index contributed by atoms with van der Waals surface area (Å²) in [4.78, 5) is 0.459. The summed E-state index contributed by atoms with van der Waals surface area (Å²) in [6, 6.07) is 11.1. The highest BCUT2D eigenvalue weighted by molar-refractivity contribution is 7.92. The van der Waals surface area contributed by atoms with Gasteiger partial charge in [0, 0.05) is 22.9 Å². The van der Waals surface area contributed by atoms with Crippen LogP contribution in [0.15, 0.2) is 60.2 Å². The van der Waals surface area contributed by atoms with Gasteiger partial charge in [-0.1, -0.05) is 24.3 Å². The highest BCUT2D eigenvalue weighted by atomic mass is 32.2. The van der Waals surface area contributed by atoms with Gasteiger partial charge in [0.25, 0.3) is 10.0 Å². The van der Waals surface area contributed by atoms with Crippen LogP contribution in [0, 0.1) is 6.92 Å². The molecule has 3 aromatic heterocycles. The van der Waals surface area contributed by atoms with E-state index in [2.05, 4.69) is 4.40 Å². The van der Waals surface area contributed by atoms with Crippen molar-refractivity contribution < 1.29 is 12.8 Å². The van der Waals surface area contributed by atoms with Crippen molar-refractivity contribution in [3.63, 3.8) is 0 Å². The van der Waals surface area contributed by atoms with Gasteiger partial charge in [-0.15, -0.1) is 27.1 Å². The van der Waals surface area contributed by atoms with Crippen molar-refractivity contribution in [3.05, 3.63) is 57.7 Å². The smallest absolute Gasteiger partial charge is 0.294 e. The summed E-state index contributed by atoms with van der Waals surface area (Å²) in [5.41, 5.74) is 2.72. The van der Waals surface area contributed by atoms with Gasteiger partial charge >= 0.3 is 0 Å². The lowest BCUT2D eigenvalue weighted by Gasteiger charge is -2.05. The Balaban J connectivity index is 1.94. The Hall–Kier alpha value is -2.16. The first kappa shape index (κ1) is 17.3. The van der Waals surface area contributed by atoms with Gasteiger partial charge in [0.15, 0.2) is 0 Å². The molecule has 134 valence electrons. The molecule has 0 unspecified atom stereocenters. The number of nitrogens with zero attached hydrogens (tertiary/aromatic N) is 2. The molecule has 1 aromatic carbocycles. The summed E-state index contributed by atoms with van der Waals surface area (Å²) in [6.07, 6.45) is 0. The Morgan fingerprint density at radius 1 is 1.15 bits per heavy atom. The molecular weight excluding hydrogens is 388 g/mol. The normalized spacial score (nSPS) is 12.9. The second-order valence-corrected chi connectivity index (χ2v) is 9.29. The lowest BCUT2D eigenvalue weighted by molar-refractivity contribution is 0.579. The first-order chi connectivity index (χ1) is 12.5. The van der Waals surface area contributed by atoms with E-state index < -0.39 is 10.0 Å². The van der Waals surface area contributed by atoms with Crippen LogP contribution < -0.4 is 4.80 Å². The third kappa shape index (κ3) is 2.84. The molecular formula is C18H16N2O3S3. The number of hydrogen-bond donors (Lipinski definition) is 0. The van der Waals surface area contributed by atoms with Crippen LogP contribution in [0.2, 0.25) is 0 Å². The van der Waals surface area contributed by atoms with Crippen LogP contribution in [0.5, 0.6) is 0 Å². The number of thiazole rings is 1. The van der Waals surface area contributed by atoms with Crippen molar-refractivity contribution in [2.24, 2.45) is 4.40 Å². The fraction of sp³-hybridized carbons (Fsp3) is 0.167. The van der Waals surface area contributed by atoms with Crippen LogP contribution in [0.1, 0.15) is 12.7 Å². The third-order valence-electron chi connectivity index (χ3n) is 4.09. The quantitative estimate of drug-likeness (QED) is 0.498. The highest BCUT2D eigenvalue weighted by Crippen LogP contribution is 2.34. The Morgan fingerprint density at radius 3 is 2.69 bits per heavy atom. The fourth-order valence-electron chi connectivity index (χ4n) is 2.95. The van der Waals surface area contributed by atoms with Gasteiger partial charge in [0.05, 0.1) is 5.69 Å². The monoisotopic (exact) mass is 404 g/mol. The van der Waals surface area contributed by atoms with E-state index in [0.717, 1.165) is 28.0 Å². The second kappa shape index (κ2) is 6.53. The predicted octanol–water partition coefficient (Wildman–Crippen LogP) is 4.64. The minimum Gasteiger partial charge on any atom is -0.461 e. The standard InChI is InChI=1S/C18H16N2O3S3/c1-3-20-14(17-12(2)23-15-8-5-4-7-13(15)17)11-25-18(20)19-26(21,22)16-9-6-10-24-16/h4-11H,3H2,1-2H3. The number of sulfonamides is 1. The summed E-state index contributed by atoms with van der Waals surface area (Å²) in [5, 5.41) is 4.69. The van der Waals surface area contributed by atoms with Crippen molar-refractivity contribution in [2.45, 2.75) is 24.6 Å². The van der Waals surface area contributed by atoms with Crippen LogP contribution in [0.25, 0.3) is 22.2 Å². The zero-order valence-electron chi connectivity index (χ0n) is 14.2. The van der Waals surface area contributed by atoms with Gasteiger partial charge in [-0.05, 0) is 31.4 Å². The molecule has 5 nitrogen and oxygen atoms in total. The minimum absolute atomic E-state index is 0.250. The zero-order valence-corrected chi connectivity index (χ0v) is 16.6. The maximum Gasteiger partial charge on any atom is 0.294 e. The number of aryl methyl sites for hydroxylation is 1. The Labute approximate surface area is 158 Å². The average molecular weight is 405 g/mol. The highest BCUT2D eigenvalue weighted by Gasteiger charge is 2.19. The molecule has 0 aliphatic carbocycles. The van der Waals surface area contributed by atoms with E-state index >= 15 is 0 Å². The number of fused-ring (bicyclic) bond motifs is 1. The van der Waals surface area contributed by atoms with Gasteiger partial charge in [-0.2, -0.15) is 8.42 Å². The van der Waals surface area contributed by atoms with Gasteiger partial charge in [0.2, 0.25) is 4.80 Å². The molecule has 3 heterocycles. The molecule has 0 aliphatic rings. The molecule has 0 N–H and O–H groups in total. The Kier molecular flexibility index (Phi) is 4.34. The van der Waals surface area contributed by atoms with E-state index in [1.54, 1.807) is 17.5 Å². The minimum atomic E-state index is -3.70. The maximum absolute atomic E-state index is 12.5. The average Bonchev–Trinajstić information content (AvgIpc) is 3.32. The Morgan fingerprint density at radius 2 is 1.96 bits per heavy atom. The van der Waals surface area contributed by atoms with Crippen LogP contribution >= 0.6 is 22.7 Å². The number of para-hydroxylation sites is 1. The second-order valence-electron chi connectivity index (χ2n) is 5.68. The van der Waals surface area contributed by atoms with E-state index in [-0.39, 0.29) is 4.21 Å². The van der Waals surface area contributed by atoms with Crippen molar-refractivity contribution >= 4 is 43.7 Å². The molecule has 26 heavy (non-hydrogen) atoms. The fourth-order valence-corrected chi connectivity index (χ4v) is 6.09.